The number of sulfonamides is 1. The van der Waals surface area contributed by atoms with Crippen LogP contribution >= 0.6 is 0 Å². The van der Waals surface area contributed by atoms with Gasteiger partial charge in [-0.1, -0.05) is 12.8 Å². The first-order chi connectivity index (χ1) is 8.45. The highest BCUT2D eigenvalue weighted by molar-refractivity contribution is 7.88. The molecule has 1 rings (SSSR count). The highest BCUT2D eigenvalue weighted by Gasteiger charge is 2.30. The number of amides is 1. The summed E-state index contributed by atoms with van der Waals surface area (Å²) in [5, 5.41) is 2.64. The zero-order chi connectivity index (χ0) is 13.6. The Labute approximate surface area is 109 Å². The lowest BCUT2D eigenvalue weighted by Crippen LogP contribution is -2.45. The van der Waals surface area contributed by atoms with E-state index in [9.17, 15) is 13.2 Å². The summed E-state index contributed by atoms with van der Waals surface area (Å²) in [6, 6.07) is -0.0202. The van der Waals surface area contributed by atoms with Crippen molar-refractivity contribution in [3.8, 4) is 0 Å². The number of ether oxygens (including phenoxy) is 1. The first-order valence-corrected chi connectivity index (χ1v) is 8.02. The van der Waals surface area contributed by atoms with E-state index in [1.807, 2.05) is 0 Å². The number of methoxy groups -OCH3 is 1. The van der Waals surface area contributed by atoms with Gasteiger partial charge in [0.05, 0.1) is 19.4 Å². The smallest absolute Gasteiger partial charge is 0.235 e. The van der Waals surface area contributed by atoms with E-state index in [1.165, 1.54) is 4.31 Å². The fourth-order valence-electron chi connectivity index (χ4n) is 2.20. The summed E-state index contributed by atoms with van der Waals surface area (Å²) in [4.78, 5) is 11.7. The molecule has 0 aromatic heterocycles. The van der Waals surface area contributed by atoms with Crippen molar-refractivity contribution in [2.45, 2.75) is 31.7 Å². The lowest BCUT2D eigenvalue weighted by Gasteiger charge is -2.25. The Morgan fingerprint density at radius 2 is 2.00 bits per heavy atom. The fraction of sp³-hybridized carbons (Fsp3) is 0.909. The third-order valence-corrected chi connectivity index (χ3v) is 4.36. The van der Waals surface area contributed by atoms with E-state index in [-0.39, 0.29) is 18.5 Å². The van der Waals surface area contributed by atoms with Crippen LogP contribution in [0.3, 0.4) is 0 Å². The van der Waals surface area contributed by atoms with Crippen molar-refractivity contribution in [2.24, 2.45) is 0 Å². The van der Waals surface area contributed by atoms with E-state index in [1.54, 1.807) is 7.11 Å². The average Bonchev–Trinajstić information content (AvgIpc) is 2.77. The maximum Gasteiger partial charge on any atom is 0.235 e. The van der Waals surface area contributed by atoms with E-state index in [0.29, 0.717) is 13.2 Å². The third kappa shape index (κ3) is 4.91. The van der Waals surface area contributed by atoms with Gasteiger partial charge in [-0.3, -0.25) is 4.79 Å². The molecule has 0 bridgehead atoms. The molecule has 0 aromatic carbocycles. The van der Waals surface area contributed by atoms with Gasteiger partial charge in [0.25, 0.3) is 0 Å². The summed E-state index contributed by atoms with van der Waals surface area (Å²) in [5.41, 5.74) is 0. The summed E-state index contributed by atoms with van der Waals surface area (Å²) in [6.45, 7) is 0.735. The molecule has 0 atom stereocenters. The van der Waals surface area contributed by atoms with Gasteiger partial charge >= 0.3 is 0 Å². The molecule has 1 fully saturated rings. The molecule has 1 aliphatic rings. The highest BCUT2D eigenvalue weighted by Crippen LogP contribution is 2.24. The SMILES string of the molecule is COCCNC(=O)CN(C1CCCC1)S(C)(=O)=O. The number of rotatable bonds is 7. The molecule has 0 spiro atoms. The van der Waals surface area contributed by atoms with Gasteiger partial charge < -0.3 is 10.1 Å². The van der Waals surface area contributed by atoms with Gasteiger partial charge in [0.15, 0.2) is 0 Å². The van der Waals surface area contributed by atoms with Crippen LogP contribution in [0.1, 0.15) is 25.7 Å². The summed E-state index contributed by atoms with van der Waals surface area (Å²) in [6.07, 6.45) is 4.91. The topological polar surface area (TPSA) is 75.7 Å². The van der Waals surface area contributed by atoms with Crippen LogP contribution in [0.2, 0.25) is 0 Å². The number of nitrogens with zero attached hydrogens (tertiary/aromatic N) is 1. The Bertz CT molecular complexity index is 363. The summed E-state index contributed by atoms with van der Waals surface area (Å²) < 4.78 is 29.5. The maximum absolute atomic E-state index is 11.7. The predicted octanol–water partition coefficient (Wildman–Crippen LogP) is -0.0468. The number of hydrogen-bond acceptors (Lipinski definition) is 4. The van der Waals surface area contributed by atoms with E-state index in [2.05, 4.69) is 5.32 Å². The van der Waals surface area contributed by atoms with Crippen molar-refractivity contribution in [3.63, 3.8) is 0 Å². The Balaban J connectivity index is 2.53. The number of carbonyl (C=O) groups excluding carboxylic acids is 1. The molecule has 0 saturated heterocycles. The lowest BCUT2D eigenvalue weighted by molar-refractivity contribution is -0.121. The molecule has 1 aliphatic carbocycles. The standard InChI is InChI=1S/C11H22N2O4S/c1-17-8-7-12-11(14)9-13(18(2,15)16)10-5-3-4-6-10/h10H,3-9H2,1-2H3,(H,12,14). The van der Waals surface area contributed by atoms with Gasteiger partial charge in [0.1, 0.15) is 0 Å². The summed E-state index contributed by atoms with van der Waals surface area (Å²) >= 11 is 0. The van der Waals surface area contributed by atoms with Gasteiger partial charge in [-0.05, 0) is 12.8 Å². The van der Waals surface area contributed by atoms with Gasteiger partial charge in [-0.15, -0.1) is 0 Å². The van der Waals surface area contributed by atoms with Gasteiger partial charge in [0.2, 0.25) is 15.9 Å². The van der Waals surface area contributed by atoms with Crippen molar-refractivity contribution >= 4 is 15.9 Å². The quantitative estimate of drug-likeness (QED) is 0.663. The number of nitrogens with one attached hydrogen (secondary N) is 1. The molecule has 0 aromatic rings. The van der Waals surface area contributed by atoms with Crippen LogP contribution in [-0.2, 0) is 19.6 Å². The molecule has 106 valence electrons. The minimum atomic E-state index is -3.33. The lowest BCUT2D eigenvalue weighted by atomic mass is 10.2. The van der Waals surface area contributed by atoms with Gasteiger partial charge in [0, 0.05) is 19.7 Å². The molecule has 7 heteroatoms. The Kier molecular flexibility index (Phi) is 6.04. The predicted molar refractivity (Wildman–Crippen MR) is 68.7 cm³/mol. The van der Waals surface area contributed by atoms with Crippen molar-refractivity contribution in [1.29, 1.82) is 0 Å². The molecular weight excluding hydrogens is 256 g/mol. The van der Waals surface area contributed by atoms with E-state index >= 15 is 0 Å². The van der Waals surface area contributed by atoms with Gasteiger partial charge in [-0.2, -0.15) is 4.31 Å². The first-order valence-electron chi connectivity index (χ1n) is 6.17. The molecule has 1 N–H and O–H groups in total. The molecule has 1 amide bonds. The van der Waals surface area contributed by atoms with Gasteiger partial charge in [-0.25, -0.2) is 8.42 Å². The minimum Gasteiger partial charge on any atom is -0.383 e. The molecule has 0 heterocycles. The fourth-order valence-corrected chi connectivity index (χ4v) is 3.30. The first kappa shape index (κ1) is 15.4. The maximum atomic E-state index is 11.7. The number of hydrogen-bond donors (Lipinski definition) is 1. The molecule has 0 radical (unpaired) electrons. The van der Waals surface area contributed by atoms with E-state index < -0.39 is 10.0 Å². The Hall–Kier alpha value is -0.660. The average molecular weight is 278 g/mol. The summed E-state index contributed by atoms with van der Waals surface area (Å²) in [7, 11) is -1.78. The second kappa shape index (κ2) is 7.06. The van der Waals surface area contributed by atoms with Crippen LogP contribution in [0, 0.1) is 0 Å². The molecule has 6 nitrogen and oxygen atoms in total. The molecule has 0 unspecified atom stereocenters. The Morgan fingerprint density at radius 3 is 2.50 bits per heavy atom. The molecule has 18 heavy (non-hydrogen) atoms. The van der Waals surface area contributed by atoms with Crippen molar-refractivity contribution in [1.82, 2.24) is 9.62 Å². The van der Waals surface area contributed by atoms with E-state index in [0.717, 1.165) is 31.9 Å². The zero-order valence-electron chi connectivity index (χ0n) is 11.0. The Morgan fingerprint density at radius 1 is 1.39 bits per heavy atom. The van der Waals surface area contributed by atoms with Crippen molar-refractivity contribution in [3.05, 3.63) is 0 Å². The van der Waals surface area contributed by atoms with Crippen LogP contribution in [0.25, 0.3) is 0 Å². The summed E-state index contributed by atoms with van der Waals surface area (Å²) in [5.74, 6) is -0.274. The normalized spacial score (nSPS) is 17.3. The second-order valence-corrected chi connectivity index (χ2v) is 6.52. The van der Waals surface area contributed by atoms with Crippen LogP contribution in [0.15, 0.2) is 0 Å². The van der Waals surface area contributed by atoms with Crippen LogP contribution in [0.4, 0.5) is 0 Å². The monoisotopic (exact) mass is 278 g/mol. The largest absolute Gasteiger partial charge is 0.383 e. The second-order valence-electron chi connectivity index (χ2n) is 4.59. The van der Waals surface area contributed by atoms with Crippen LogP contribution < -0.4 is 5.32 Å². The van der Waals surface area contributed by atoms with Crippen LogP contribution in [-0.4, -0.2) is 57.7 Å². The molecular formula is C11H22N2O4S. The number of carbonyl (C=O) groups is 1. The van der Waals surface area contributed by atoms with Crippen molar-refractivity contribution < 1.29 is 17.9 Å². The van der Waals surface area contributed by atoms with Crippen LogP contribution in [0.5, 0.6) is 0 Å². The molecule has 1 saturated carbocycles. The third-order valence-electron chi connectivity index (χ3n) is 3.09. The molecule has 0 aliphatic heterocycles. The minimum absolute atomic E-state index is 0.0202. The van der Waals surface area contributed by atoms with E-state index in [4.69, 9.17) is 4.74 Å². The highest BCUT2D eigenvalue weighted by atomic mass is 32.2. The zero-order valence-corrected chi connectivity index (χ0v) is 11.8. The van der Waals surface area contributed by atoms with Crippen molar-refractivity contribution in [2.75, 3.05) is 33.1 Å².